The van der Waals surface area contributed by atoms with Crippen LogP contribution in [0.5, 0.6) is 0 Å². The molecule has 3 aromatic rings. The molecular formula is C15H11FN2O. The quantitative estimate of drug-likeness (QED) is 0.692. The zero-order valence-corrected chi connectivity index (χ0v) is 10.4. The lowest BCUT2D eigenvalue weighted by atomic mass is 10.1. The molecule has 4 heteroatoms. The smallest absolute Gasteiger partial charge is 0.178 e. The number of aromatic nitrogens is 2. The Morgan fingerprint density at radius 2 is 1.89 bits per heavy atom. The Labute approximate surface area is 109 Å². The molecule has 0 saturated carbocycles. The second kappa shape index (κ2) is 4.31. The average Bonchev–Trinajstić information content (AvgIpc) is 2.86. The molecule has 0 radical (unpaired) electrons. The highest BCUT2D eigenvalue weighted by Gasteiger charge is 2.12. The highest BCUT2D eigenvalue weighted by molar-refractivity contribution is 5.85. The summed E-state index contributed by atoms with van der Waals surface area (Å²) >= 11 is 0. The lowest BCUT2D eigenvalue weighted by Crippen LogP contribution is -1.94. The molecule has 0 spiro atoms. The van der Waals surface area contributed by atoms with Gasteiger partial charge in [-0.1, -0.05) is 6.58 Å². The molecule has 0 saturated heterocycles. The van der Waals surface area contributed by atoms with Gasteiger partial charge in [0.25, 0.3) is 0 Å². The molecule has 3 rings (SSSR count). The van der Waals surface area contributed by atoms with Crippen LogP contribution in [0.3, 0.4) is 0 Å². The van der Waals surface area contributed by atoms with Crippen LogP contribution in [0.25, 0.3) is 28.1 Å². The van der Waals surface area contributed by atoms with Crippen LogP contribution in [-0.4, -0.2) is 9.97 Å². The van der Waals surface area contributed by atoms with Crippen LogP contribution >= 0.6 is 0 Å². The van der Waals surface area contributed by atoms with E-state index in [9.17, 15) is 4.39 Å². The summed E-state index contributed by atoms with van der Waals surface area (Å²) in [5.41, 5.74) is 3.57. The minimum atomic E-state index is -0.284. The first-order valence-electron chi connectivity index (χ1n) is 5.82. The normalized spacial score (nSPS) is 10.8. The van der Waals surface area contributed by atoms with Gasteiger partial charge in [0.2, 0.25) is 0 Å². The van der Waals surface area contributed by atoms with Crippen molar-refractivity contribution in [3.8, 4) is 11.4 Å². The molecule has 3 nitrogen and oxygen atoms in total. The summed E-state index contributed by atoms with van der Waals surface area (Å²) in [5.74, 6) is 0.250. The Balaban J connectivity index is 2.24. The van der Waals surface area contributed by atoms with E-state index in [2.05, 4.69) is 16.5 Å². The molecule has 0 bridgehead atoms. The average molecular weight is 254 g/mol. The number of furan rings is 1. The van der Waals surface area contributed by atoms with Gasteiger partial charge in [0.1, 0.15) is 17.0 Å². The Hall–Kier alpha value is -2.49. The number of benzene rings is 1. The Kier molecular flexibility index (Phi) is 2.63. The summed E-state index contributed by atoms with van der Waals surface area (Å²) in [6.07, 6.45) is 1.57. The standard InChI is InChI=1S/C15H11FN2O/c1-9(2)13-14-12(7-8-19-14)17-15(18-13)10-3-5-11(16)6-4-10/h3-8H,1H2,2H3. The van der Waals surface area contributed by atoms with Gasteiger partial charge in [-0.3, -0.25) is 0 Å². The van der Waals surface area contributed by atoms with E-state index in [4.69, 9.17) is 4.42 Å². The van der Waals surface area contributed by atoms with Crippen molar-refractivity contribution in [3.05, 3.63) is 54.7 Å². The molecule has 19 heavy (non-hydrogen) atoms. The number of allylic oxidation sites excluding steroid dienone is 1. The summed E-state index contributed by atoms with van der Waals surface area (Å²) in [6, 6.07) is 7.85. The van der Waals surface area contributed by atoms with Crippen LogP contribution in [0.1, 0.15) is 12.6 Å². The molecule has 0 unspecified atom stereocenters. The van der Waals surface area contributed by atoms with E-state index in [1.54, 1.807) is 24.5 Å². The first-order valence-corrected chi connectivity index (χ1v) is 5.82. The Morgan fingerprint density at radius 1 is 1.16 bits per heavy atom. The van der Waals surface area contributed by atoms with Crippen molar-refractivity contribution in [2.75, 3.05) is 0 Å². The predicted molar refractivity (Wildman–Crippen MR) is 71.9 cm³/mol. The Bertz CT molecular complexity index is 759. The second-order valence-electron chi connectivity index (χ2n) is 4.32. The molecular weight excluding hydrogens is 243 g/mol. The van der Waals surface area contributed by atoms with E-state index < -0.39 is 0 Å². The van der Waals surface area contributed by atoms with Crippen molar-refractivity contribution in [2.45, 2.75) is 6.92 Å². The van der Waals surface area contributed by atoms with Crippen LogP contribution in [0.15, 0.2) is 47.6 Å². The third-order valence-electron chi connectivity index (χ3n) is 2.81. The fourth-order valence-corrected chi connectivity index (χ4v) is 1.88. The SMILES string of the molecule is C=C(C)c1nc(-c2ccc(F)cc2)nc2ccoc12. The predicted octanol–water partition coefficient (Wildman–Crippen LogP) is 4.06. The summed E-state index contributed by atoms with van der Waals surface area (Å²) in [7, 11) is 0. The van der Waals surface area contributed by atoms with Gasteiger partial charge in [-0.05, 0) is 36.8 Å². The molecule has 0 aliphatic heterocycles. The number of nitrogens with zero attached hydrogens (tertiary/aromatic N) is 2. The number of hydrogen-bond donors (Lipinski definition) is 0. The zero-order valence-electron chi connectivity index (χ0n) is 10.4. The van der Waals surface area contributed by atoms with Gasteiger partial charge < -0.3 is 4.42 Å². The van der Waals surface area contributed by atoms with E-state index in [0.717, 1.165) is 11.1 Å². The third-order valence-corrected chi connectivity index (χ3v) is 2.81. The minimum Gasteiger partial charge on any atom is -0.460 e. The van der Waals surface area contributed by atoms with Gasteiger partial charge in [0, 0.05) is 11.6 Å². The molecule has 0 aliphatic rings. The Morgan fingerprint density at radius 3 is 2.58 bits per heavy atom. The van der Waals surface area contributed by atoms with Crippen molar-refractivity contribution in [2.24, 2.45) is 0 Å². The van der Waals surface area contributed by atoms with Crippen molar-refractivity contribution in [3.63, 3.8) is 0 Å². The molecule has 2 heterocycles. The molecule has 0 N–H and O–H groups in total. The van der Waals surface area contributed by atoms with Crippen molar-refractivity contribution < 1.29 is 8.81 Å². The van der Waals surface area contributed by atoms with Crippen molar-refractivity contribution >= 4 is 16.7 Å². The van der Waals surface area contributed by atoms with Crippen molar-refractivity contribution in [1.29, 1.82) is 0 Å². The van der Waals surface area contributed by atoms with E-state index in [1.165, 1.54) is 12.1 Å². The summed E-state index contributed by atoms with van der Waals surface area (Å²) < 4.78 is 18.3. The minimum absolute atomic E-state index is 0.284. The fourth-order valence-electron chi connectivity index (χ4n) is 1.88. The highest BCUT2D eigenvalue weighted by atomic mass is 19.1. The topological polar surface area (TPSA) is 38.9 Å². The van der Waals surface area contributed by atoms with E-state index in [1.807, 2.05) is 6.92 Å². The van der Waals surface area contributed by atoms with Gasteiger partial charge in [-0.2, -0.15) is 0 Å². The van der Waals surface area contributed by atoms with Gasteiger partial charge in [0.15, 0.2) is 11.4 Å². The lowest BCUT2D eigenvalue weighted by molar-refractivity contribution is 0.612. The maximum Gasteiger partial charge on any atom is 0.178 e. The lowest BCUT2D eigenvalue weighted by Gasteiger charge is -2.05. The van der Waals surface area contributed by atoms with Gasteiger partial charge in [0.05, 0.1) is 6.26 Å². The van der Waals surface area contributed by atoms with E-state index in [-0.39, 0.29) is 5.82 Å². The monoisotopic (exact) mass is 254 g/mol. The maximum absolute atomic E-state index is 12.9. The largest absolute Gasteiger partial charge is 0.460 e. The van der Waals surface area contributed by atoms with Gasteiger partial charge >= 0.3 is 0 Å². The van der Waals surface area contributed by atoms with Crippen LogP contribution in [0.4, 0.5) is 4.39 Å². The zero-order chi connectivity index (χ0) is 13.4. The molecule has 2 aromatic heterocycles. The first kappa shape index (κ1) is 11.6. The van der Waals surface area contributed by atoms with Gasteiger partial charge in [-0.25, -0.2) is 14.4 Å². The first-order chi connectivity index (χ1) is 9.15. The number of hydrogen-bond acceptors (Lipinski definition) is 3. The van der Waals surface area contributed by atoms with Crippen LogP contribution in [0.2, 0.25) is 0 Å². The fraction of sp³-hybridized carbons (Fsp3) is 0.0667. The third kappa shape index (κ3) is 2.01. The number of rotatable bonds is 2. The summed E-state index contributed by atoms with van der Waals surface area (Å²) in [5, 5.41) is 0. The molecule has 1 aromatic carbocycles. The molecule has 0 aliphatic carbocycles. The molecule has 94 valence electrons. The number of halogens is 1. The van der Waals surface area contributed by atoms with Crippen molar-refractivity contribution in [1.82, 2.24) is 9.97 Å². The number of fused-ring (bicyclic) bond motifs is 1. The highest BCUT2D eigenvalue weighted by Crippen LogP contribution is 2.26. The summed E-state index contributed by atoms with van der Waals surface area (Å²) in [6.45, 7) is 5.75. The second-order valence-corrected chi connectivity index (χ2v) is 4.32. The van der Waals surface area contributed by atoms with Crippen LogP contribution in [0, 0.1) is 5.82 Å². The van der Waals surface area contributed by atoms with Gasteiger partial charge in [-0.15, -0.1) is 0 Å². The molecule has 0 amide bonds. The molecule has 0 atom stereocenters. The maximum atomic E-state index is 12.9. The van der Waals surface area contributed by atoms with E-state index in [0.29, 0.717) is 22.6 Å². The molecule has 0 fully saturated rings. The van der Waals surface area contributed by atoms with Crippen LogP contribution in [-0.2, 0) is 0 Å². The van der Waals surface area contributed by atoms with E-state index >= 15 is 0 Å². The summed E-state index contributed by atoms with van der Waals surface area (Å²) in [4.78, 5) is 8.86. The van der Waals surface area contributed by atoms with Crippen LogP contribution < -0.4 is 0 Å².